The van der Waals surface area contributed by atoms with E-state index in [0.29, 0.717) is 12.2 Å². The molecule has 1 N–H and O–H groups in total. The standard InChI is InChI=1S/C16H31NO2/c1-3-7-15(8-4-1)18-13-11-17-12-14-19-16-9-5-2-6-10-16/h15-17H,1-14H2. The summed E-state index contributed by atoms with van der Waals surface area (Å²) in [6.07, 6.45) is 14.4. The van der Waals surface area contributed by atoms with Crippen molar-refractivity contribution in [2.75, 3.05) is 26.3 Å². The minimum atomic E-state index is 0.536. The molecule has 3 heteroatoms. The van der Waals surface area contributed by atoms with Gasteiger partial charge in [0.2, 0.25) is 0 Å². The van der Waals surface area contributed by atoms with Crippen LogP contribution in [0.4, 0.5) is 0 Å². The van der Waals surface area contributed by atoms with Gasteiger partial charge in [-0.1, -0.05) is 38.5 Å². The molecule has 2 aliphatic rings. The number of rotatable bonds is 8. The molecule has 0 aromatic carbocycles. The van der Waals surface area contributed by atoms with Crippen LogP contribution in [-0.4, -0.2) is 38.5 Å². The molecule has 112 valence electrons. The highest BCUT2D eigenvalue weighted by Gasteiger charge is 2.14. The van der Waals surface area contributed by atoms with Crippen LogP contribution in [0.3, 0.4) is 0 Å². The van der Waals surface area contributed by atoms with Crippen molar-refractivity contribution in [1.29, 1.82) is 0 Å². The predicted octanol–water partition coefficient (Wildman–Crippen LogP) is 3.27. The zero-order chi connectivity index (χ0) is 13.2. The van der Waals surface area contributed by atoms with Gasteiger partial charge in [0.25, 0.3) is 0 Å². The highest BCUT2D eigenvalue weighted by molar-refractivity contribution is 4.66. The number of hydrogen-bond donors (Lipinski definition) is 1. The highest BCUT2D eigenvalue weighted by Crippen LogP contribution is 2.20. The number of nitrogens with one attached hydrogen (secondary N) is 1. The van der Waals surface area contributed by atoms with Crippen molar-refractivity contribution in [3.05, 3.63) is 0 Å². The molecule has 0 atom stereocenters. The summed E-state index contributed by atoms with van der Waals surface area (Å²) in [7, 11) is 0. The Balaban J connectivity index is 1.35. The Morgan fingerprint density at radius 1 is 0.632 bits per heavy atom. The summed E-state index contributed by atoms with van der Waals surface area (Å²) in [5.41, 5.74) is 0. The van der Waals surface area contributed by atoms with Crippen LogP contribution in [0, 0.1) is 0 Å². The molecule has 0 heterocycles. The lowest BCUT2D eigenvalue weighted by Crippen LogP contribution is -2.28. The molecule has 2 saturated carbocycles. The molecule has 0 aromatic rings. The summed E-state index contributed by atoms with van der Waals surface area (Å²) >= 11 is 0. The molecule has 0 unspecified atom stereocenters. The molecule has 2 rings (SSSR count). The largest absolute Gasteiger partial charge is 0.377 e. The summed E-state index contributed by atoms with van der Waals surface area (Å²) < 4.78 is 11.8. The van der Waals surface area contributed by atoms with Crippen molar-refractivity contribution in [1.82, 2.24) is 5.32 Å². The van der Waals surface area contributed by atoms with Crippen molar-refractivity contribution in [2.45, 2.75) is 76.4 Å². The molecule has 0 aromatic heterocycles. The highest BCUT2D eigenvalue weighted by atomic mass is 16.5. The van der Waals surface area contributed by atoms with Crippen LogP contribution in [-0.2, 0) is 9.47 Å². The van der Waals surface area contributed by atoms with Crippen molar-refractivity contribution in [2.24, 2.45) is 0 Å². The molecule has 0 bridgehead atoms. The Hall–Kier alpha value is -0.120. The third kappa shape index (κ3) is 6.73. The molecule has 0 aliphatic heterocycles. The van der Waals surface area contributed by atoms with Gasteiger partial charge in [-0.05, 0) is 25.7 Å². The molecular formula is C16H31NO2. The monoisotopic (exact) mass is 269 g/mol. The minimum Gasteiger partial charge on any atom is -0.377 e. The van der Waals surface area contributed by atoms with E-state index in [1.165, 1.54) is 64.2 Å². The first-order chi connectivity index (χ1) is 9.45. The topological polar surface area (TPSA) is 30.5 Å². The van der Waals surface area contributed by atoms with Gasteiger partial charge in [-0.2, -0.15) is 0 Å². The second-order valence-corrected chi connectivity index (χ2v) is 6.01. The van der Waals surface area contributed by atoms with E-state index < -0.39 is 0 Å². The summed E-state index contributed by atoms with van der Waals surface area (Å²) in [5, 5.41) is 3.41. The second-order valence-electron chi connectivity index (χ2n) is 6.01. The molecular weight excluding hydrogens is 238 g/mol. The van der Waals surface area contributed by atoms with Crippen LogP contribution in [0.15, 0.2) is 0 Å². The van der Waals surface area contributed by atoms with Gasteiger partial charge in [0, 0.05) is 13.1 Å². The summed E-state index contributed by atoms with van der Waals surface area (Å²) in [6, 6.07) is 0. The van der Waals surface area contributed by atoms with Gasteiger partial charge >= 0.3 is 0 Å². The maximum absolute atomic E-state index is 5.88. The van der Waals surface area contributed by atoms with Crippen LogP contribution in [0.2, 0.25) is 0 Å². The third-order valence-corrected chi connectivity index (χ3v) is 4.37. The lowest BCUT2D eigenvalue weighted by molar-refractivity contribution is 0.0212. The van der Waals surface area contributed by atoms with E-state index in [0.717, 1.165) is 26.3 Å². The summed E-state index contributed by atoms with van der Waals surface area (Å²) in [6.45, 7) is 3.64. The Morgan fingerprint density at radius 3 is 1.47 bits per heavy atom. The normalized spacial score (nSPS) is 22.7. The Bertz CT molecular complexity index is 189. The van der Waals surface area contributed by atoms with E-state index in [1.54, 1.807) is 0 Å². The van der Waals surface area contributed by atoms with Gasteiger partial charge in [0.1, 0.15) is 0 Å². The molecule has 19 heavy (non-hydrogen) atoms. The van der Waals surface area contributed by atoms with Gasteiger partial charge < -0.3 is 14.8 Å². The van der Waals surface area contributed by atoms with Gasteiger partial charge in [-0.25, -0.2) is 0 Å². The zero-order valence-electron chi connectivity index (χ0n) is 12.4. The average Bonchev–Trinajstić information content (AvgIpc) is 2.48. The molecule has 2 aliphatic carbocycles. The van der Waals surface area contributed by atoms with E-state index in [2.05, 4.69) is 5.32 Å². The van der Waals surface area contributed by atoms with E-state index in [-0.39, 0.29) is 0 Å². The Morgan fingerprint density at radius 2 is 1.05 bits per heavy atom. The van der Waals surface area contributed by atoms with Crippen LogP contribution in [0.25, 0.3) is 0 Å². The fourth-order valence-electron chi connectivity index (χ4n) is 3.18. The third-order valence-electron chi connectivity index (χ3n) is 4.37. The first kappa shape index (κ1) is 15.3. The second kappa shape index (κ2) is 9.73. The molecule has 0 radical (unpaired) electrons. The molecule has 2 fully saturated rings. The lowest BCUT2D eigenvalue weighted by Gasteiger charge is -2.23. The predicted molar refractivity (Wildman–Crippen MR) is 78.5 cm³/mol. The lowest BCUT2D eigenvalue weighted by atomic mass is 9.98. The SMILES string of the molecule is C1CCC(OCCNCCOC2CCCCC2)CC1. The molecule has 3 nitrogen and oxygen atoms in total. The quantitative estimate of drug-likeness (QED) is 0.686. The van der Waals surface area contributed by atoms with Gasteiger partial charge in [0.05, 0.1) is 25.4 Å². The van der Waals surface area contributed by atoms with E-state index in [9.17, 15) is 0 Å². The van der Waals surface area contributed by atoms with Crippen LogP contribution < -0.4 is 5.32 Å². The van der Waals surface area contributed by atoms with Gasteiger partial charge in [-0.3, -0.25) is 0 Å². The first-order valence-electron chi connectivity index (χ1n) is 8.39. The summed E-state index contributed by atoms with van der Waals surface area (Å²) in [4.78, 5) is 0. The molecule has 0 amide bonds. The van der Waals surface area contributed by atoms with Crippen molar-refractivity contribution in [3.63, 3.8) is 0 Å². The summed E-state index contributed by atoms with van der Waals surface area (Å²) in [5.74, 6) is 0. The number of ether oxygens (including phenoxy) is 2. The average molecular weight is 269 g/mol. The van der Waals surface area contributed by atoms with Gasteiger partial charge in [0.15, 0.2) is 0 Å². The van der Waals surface area contributed by atoms with Crippen molar-refractivity contribution < 1.29 is 9.47 Å². The van der Waals surface area contributed by atoms with Crippen LogP contribution in [0.5, 0.6) is 0 Å². The van der Waals surface area contributed by atoms with Crippen molar-refractivity contribution in [3.8, 4) is 0 Å². The fourth-order valence-corrected chi connectivity index (χ4v) is 3.18. The Labute approximate surface area is 118 Å². The van der Waals surface area contributed by atoms with Gasteiger partial charge in [-0.15, -0.1) is 0 Å². The van der Waals surface area contributed by atoms with E-state index >= 15 is 0 Å². The number of hydrogen-bond acceptors (Lipinski definition) is 3. The first-order valence-corrected chi connectivity index (χ1v) is 8.39. The van der Waals surface area contributed by atoms with E-state index in [4.69, 9.17) is 9.47 Å². The van der Waals surface area contributed by atoms with Crippen LogP contribution >= 0.6 is 0 Å². The maximum Gasteiger partial charge on any atom is 0.0594 e. The fraction of sp³-hybridized carbons (Fsp3) is 1.00. The minimum absolute atomic E-state index is 0.536. The zero-order valence-corrected chi connectivity index (χ0v) is 12.4. The van der Waals surface area contributed by atoms with Crippen molar-refractivity contribution >= 4 is 0 Å². The van der Waals surface area contributed by atoms with E-state index in [1.807, 2.05) is 0 Å². The smallest absolute Gasteiger partial charge is 0.0594 e. The maximum atomic E-state index is 5.88. The molecule has 0 saturated heterocycles. The van der Waals surface area contributed by atoms with Crippen LogP contribution in [0.1, 0.15) is 64.2 Å². The molecule has 0 spiro atoms. The Kier molecular flexibility index (Phi) is 7.82.